The minimum Gasteiger partial charge on any atom is -0.497 e. The molecular formula is C19H22N2O5S. The molecule has 0 bridgehead atoms. The molecular weight excluding hydrogens is 368 g/mol. The molecule has 144 valence electrons. The lowest BCUT2D eigenvalue weighted by atomic mass is 9.98. The van der Waals surface area contributed by atoms with Crippen molar-refractivity contribution in [3.8, 4) is 17.2 Å². The van der Waals surface area contributed by atoms with Crippen LogP contribution in [-0.2, 0) is 10.0 Å². The van der Waals surface area contributed by atoms with Gasteiger partial charge >= 0.3 is 0 Å². The molecule has 1 heterocycles. The van der Waals surface area contributed by atoms with Crippen LogP contribution < -0.4 is 14.2 Å². The third-order valence-electron chi connectivity index (χ3n) is 4.37. The lowest BCUT2D eigenvalue weighted by Gasteiger charge is -2.22. The molecule has 0 aliphatic carbocycles. The Hall–Kier alpha value is -2.74. The van der Waals surface area contributed by atoms with Gasteiger partial charge in [-0.15, -0.1) is 0 Å². The van der Waals surface area contributed by atoms with Crippen LogP contribution in [0, 0.1) is 0 Å². The second kappa shape index (κ2) is 7.48. The summed E-state index contributed by atoms with van der Waals surface area (Å²) in [5, 5.41) is 4.40. The van der Waals surface area contributed by atoms with E-state index in [9.17, 15) is 8.42 Å². The van der Waals surface area contributed by atoms with Crippen molar-refractivity contribution in [3.05, 3.63) is 53.6 Å². The smallest absolute Gasteiger partial charge is 0.247 e. The van der Waals surface area contributed by atoms with Crippen molar-refractivity contribution < 1.29 is 22.6 Å². The van der Waals surface area contributed by atoms with Crippen LogP contribution in [0.25, 0.3) is 0 Å². The van der Waals surface area contributed by atoms with E-state index in [1.807, 2.05) is 24.3 Å². The topological polar surface area (TPSA) is 77.4 Å². The fourth-order valence-corrected chi connectivity index (χ4v) is 3.95. The Balaban J connectivity index is 2.04. The summed E-state index contributed by atoms with van der Waals surface area (Å²) in [6.45, 7) is 0. The quantitative estimate of drug-likeness (QED) is 0.758. The zero-order valence-corrected chi connectivity index (χ0v) is 16.5. The zero-order chi connectivity index (χ0) is 19.6. The second-order valence-corrected chi connectivity index (χ2v) is 8.02. The Morgan fingerprint density at radius 3 is 2.15 bits per heavy atom. The van der Waals surface area contributed by atoms with E-state index < -0.39 is 16.1 Å². The average molecular weight is 390 g/mol. The van der Waals surface area contributed by atoms with Gasteiger partial charge in [0.2, 0.25) is 10.0 Å². The molecule has 8 heteroatoms. The summed E-state index contributed by atoms with van der Waals surface area (Å²) in [5.74, 6) is 1.87. The Morgan fingerprint density at radius 1 is 0.963 bits per heavy atom. The Morgan fingerprint density at radius 2 is 1.59 bits per heavy atom. The summed E-state index contributed by atoms with van der Waals surface area (Å²) >= 11 is 0. The average Bonchev–Trinajstić information content (AvgIpc) is 3.13. The molecule has 0 amide bonds. The first-order chi connectivity index (χ1) is 12.9. The van der Waals surface area contributed by atoms with Gasteiger partial charge in [-0.3, -0.25) is 0 Å². The molecule has 0 spiro atoms. The molecule has 0 saturated carbocycles. The Bertz CT molecular complexity index is 950. The monoisotopic (exact) mass is 390 g/mol. The number of hydrogen-bond acceptors (Lipinski definition) is 6. The van der Waals surface area contributed by atoms with E-state index in [0.29, 0.717) is 29.4 Å². The Labute approximate surface area is 159 Å². The van der Waals surface area contributed by atoms with Crippen LogP contribution in [0.5, 0.6) is 17.2 Å². The predicted octanol–water partition coefficient (Wildman–Crippen LogP) is 2.82. The second-order valence-electron chi connectivity index (χ2n) is 6.18. The van der Waals surface area contributed by atoms with Crippen LogP contribution in [0.2, 0.25) is 0 Å². The zero-order valence-electron chi connectivity index (χ0n) is 15.7. The SMILES string of the molecule is COc1cccc(C2=NN(S(C)(=O)=O)C(c3cc(OC)cc(OC)c3)C2)c1. The summed E-state index contributed by atoms with van der Waals surface area (Å²) in [4.78, 5) is 0. The third kappa shape index (κ3) is 4.00. The van der Waals surface area contributed by atoms with E-state index in [4.69, 9.17) is 14.2 Å². The number of sulfonamides is 1. The normalized spacial score (nSPS) is 16.8. The van der Waals surface area contributed by atoms with E-state index in [2.05, 4.69) is 5.10 Å². The lowest BCUT2D eigenvalue weighted by Crippen LogP contribution is -2.26. The van der Waals surface area contributed by atoms with Gasteiger partial charge in [0.1, 0.15) is 17.2 Å². The highest BCUT2D eigenvalue weighted by Gasteiger charge is 2.35. The summed E-state index contributed by atoms with van der Waals surface area (Å²) in [5.41, 5.74) is 2.24. The molecule has 3 rings (SSSR count). The first-order valence-electron chi connectivity index (χ1n) is 8.30. The number of hydrazone groups is 1. The van der Waals surface area contributed by atoms with Crippen molar-refractivity contribution in [1.29, 1.82) is 0 Å². The highest BCUT2D eigenvalue weighted by Crippen LogP contribution is 2.38. The molecule has 1 aliphatic heterocycles. The van der Waals surface area contributed by atoms with Crippen molar-refractivity contribution in [2.75, 3.05) is 27.6 Å². The largest absolute Gasteiger partial charge is 0.497 e. The summed E-state index contributed by atoms with van der Waals surface area (Å²) in [6.07, 6.45) is 1.58. The molecule has 0 radical (unpaired) electrons. The molecule has 1 atom stereocenters. The van der Waals surface area contributed by atoms with Crippen LogP contribution in [0.4, 0.5) is 0 Å². The maximum atomic E-state index is 12.4. The van der Waals surface area contributed by atoms with E-state index in [0.717, 1.165) is 21.8 Å². The number of methoxy groups -OCH3 is 3. The van der Waals surface area contributed by atoms with Gasteiger partial charge in [0.25, 0.3) is 0 Å². The van der Waals surface area contributed by atoms with E-state index in [1.165, 1.54) is 0 Å². The first kappa shape index (κ1) is 19.0. The van der Waals surface area contributed by atoms with E-state index >= 15 is 0 Å². The van der Waals surface area contributed by atoms with E-state index in [-0.39, 0.29) is 0 Å². The van der Waals surface area contributed by atoms with Crippen LogP contribution in [-0.4, -0.2) is 46.1 Å². The highest BCUT2D eigenvalue weighted by molar-refractivity contribution is 7.88. The molecule has 7 nitrogen and oxygen atoms in total. The highest BCUT2D eigenvalue weighted by atomic mass is 32.2. The molecule has 2 aromatic carbocycles. The molecule has 0 aromatic heterocycles. The van der Waals surface area contributed by atoms with Crippen LogP contribution in [0.15, 0.2) is 47.6 Å². The van der Waals surface area contributed by atoms with Crippen molar-refractivity contribution in [2.24, 2.45) is 5.10 Å². The first-order valence-corrected chi connectivity index (χ1v) is 10.1. The van der Waals surface area contributed by atoms with Gasteiger partial charge in [-0.2, -0.15) is 9.52 Å². The van der Waals surface area contributed by atoms with Gasteiger partial charge in [-0.05, 0) is 29.8 Å². The number of hydrogen-bond donors (Lipinski definition) is 0. The fraction of sp³-hybridized carbons (Fsp3) is 0.316. The summed E-state index contributed by atoms with van der Waals surface area (Å²) in [7, 11) is 1.13. The van der Waals surface area contributed by atoms with Gasteiger partial charge in [-0.1, -0.05) is 12.1 Å². The number of nitrogens with zero attached hydrogens (tertiary/aromatic N) is 2. The molecule has 0 fully saturated rings. The van der Waals surface area contributed by atoms with Gasteiger partial charge in [0.05, 0.1) is 39.3 Å². The van der Waals surface area contributed by atoms with Crippen molar-refractivity contribution in [2.45, 2.75) is 12.5 Å². The van der Waals surface area contributed by atoms with Crippen LogP contribution >= 0.6 is 0 Å². The molecule has 2 aromatic rings. The van der Waals surface area contributed by atoms with Gasteiger partial charge < -0.3 is 14.2 Å². The van der Waals surface area contributed by atoms with E-state index in [1.54, 1.807) is 39.5 Å². The summed E-state index contributed by atoms with van der Waals surface area (Å²) in [6, 6.07) is 12.3. The summed E-state index contributed by atoms with van der Waals surface area (Å²) < 4.78 is 41.8. The number of ether oxygens (including phenoxy) is 3. The van der Waals surface area contributed by atoms with Crippen molar-refractivity contribution in [3.63, 3.8) is 0 Å². The molecule has 1 aliphatic rings. The van der Waals surface area contributed by atoms with Crippen molar-refractivity contribution >= 4 is 15.7 Å². The molecule has 0 N–H and O–H groups in total. The van der Waals surface area contributed by atoms with Gasteiger partial charge in [0, 0.05) is 18.1 Å². The Kier molecular flexibility index (Phi) is 5.27. The molecule has 0 saturated heterocycles. The molecule has 27 heavy (non-hydrogen) atoms. The molecule has 1 unspecified atom stereocenters. The maximum Gasteiger partial charge on any atom is 0.247 e. The standard InChI is InChI=1S/C19H22N2O5S/c1-24-15-7-5-6-13(8-15)18-12-19(21(20-18)27(4,22)23)14-9-16(25-2)11-17(10-14)26-3/h5-11,19H,12H2,1-4H3. The van der Waals surface area contributed by atoms with Crippen LogP contribution in [0.3, 0.4) is 0 Å². The third-order valence-corrected chi connectivity index (χ3v) is 5.39. The minimum atomic E-state index is -3.56. The number of rotatable bonds is 6. The predicted molar refractivity (Wildman–Crippen MR) is 103 cm³/mol. The fourth-order valence-electron chi connectivity index (χ4n) is 3.04. The van der Waals surface area contributed by atoms with Crippen molar-refractivity contribution in [1.82, 2.24) is 4.41 Å². The number of benzene rings is 2. The van der Waals surface area contributed by atoms with Gasteiger partial charge in [-0.25, -0.2) is 8.42 Å². The maximum absolute atomic E-state index is 12.4. The van der Waals surface area contributed by atoms with Gasteiger partial charge in [0.15, 0.2) is 0 Å². The minimum absolute atomic E-state index is 0.427. The lowest BCUT2D eigenvalue weighted by molar-refractivity contribution is 0.364. The van der Waals surface area contributed by atoms with Crippen LogP contribution in [0.1, 0.15) is 23.6 Å².